The van der Waals surface area contributed by atoms with Crippen LogP contribution in [0.25, 0.3) is 0 Å². The molecular formula is C15H23N3. The van der Waals surface area contributed by atoms with E-state index < -0.39 is 0 Å². The second-order valence-corrected chi connectivity index (χ2v) is 5.88. The molecule has 2 saturated heterocycles. The summed E-state index contributed by atoms with van der Waals surface area (Å²) in [5, 5.41) is 0. The number of likely N-dealkylation sites (tertiary alicyclic amines) is 1. The van der Waals surface area contributed by atoms with Gasteiger partial charge in [-0.3, -0.25) is 9.80 Å². The zero-order valence-corrected chi connectivity index (χ0v) is 11.1. The number of piperazine rings is 1. The van der Waals surface area contributed by atoms with Crippen LogP contribution in [0.4, 0.5) is 0 Å². The van der Waals surface area contributed by atoms with Gasteiger partial charge in [0.1, 0.15) is 0 Å². The monoisotopic (exact) mass is 245 g/mol. The van der Waals surface area contributed by atoms with Crippen LogP contribution >= 0.6 is 0 Å². The van der Waals surface area contributed by atoms with E-state index in [2.05, 4.69) is 47.2 Å². The van der Waals surface area contributed by atoms with Crippen LogP contribution in [0.15, 0.2) is 30.3 Å². The first-order chi connectivity index (χ1) is 8.72. The Bertz CT molecular complexity index is 376. The van der Waals surface area contributed by atoms with Crippen LogP contribution in [0.1, 0.15) is 18.4 Å². The summed E-state index contributed by atoms with van der Waals surface area (Å²) in [6, 6.07) is 12.5. The van der Waals surface area contributed by atoms with Crippen molar-refractivity contribution >= 4 is 0 Å². The number of fused-ring (bicyclic) bond motifs is 2. The van der Waals surface area contributed by atoms with Gasteiger partial charge in [-0.1, -0.05) is 30.3 Å². The molecule has 3 rings (SSSR count). The van der Waals surface area contributed by atoms with Gasteiger partial charge in [0.2, 0.25) is 0 Å². The Morgan fingerprint density at radius 3 is 2.33 bits per heavy atom. The highest BCUT2D eigenvalue weighted by atomic mass is 15.3. The lowest BCUT2D eigenvalue weighted by Gasteiger charge is -2.50. The van der Waals surface area contributed by atoms with E-state index in [1.165, 1.54) is 5.56 Å². The molecule has 0 spiro atoms. The quantitative estimate of drug-likeness (QED) is 0.852. The predicted octanol–water partition coefficient (Wildman–Crippen LogP) is 1.29. The van der Waals surface area contributed by atoms with E-state index in [1.54, 1.807) is 0 Å². The van der Waals surface area contributed by atoms with Gasteiger partial charge in [0.05, 0.1) is 0 Å². The number of nitrogens with two attached hydrogens (primary N) is 1. The molecule has 18 heavy (non-hydrogen) atoms. The Morgan fingerprint density at radius 1 is 1.11 bits per heavy atom. The molecule has 1 unspecified atom stereocenters. The van der Waals surface area contributed by atoms with Gasteiger partial charge >= 0.3 is 0 Å². The molecule has 1 aromatic carbocycles. The molecule has 2 fully saturated rings. The zero-order chi connectivity index (χ0) is 12.5. The van der Waals surface area contributed by atoms with Gasteiger partial charge in [0, 0.05) is 37.8 Å². The zero-order valence-electron chi connectivity index (χ0n) is 11.1. The normalized spacial score (nSPS) is 33.6. The maximum Gasteiger partial charge on any atom is 0.0238 e. The first-order valence-electron chi connectivity index (χ1n) is 6.96. The third kappa shape index (κ3) is 2.44. The average molecular weight is 245 g/mol. The largest absolute Gasteiger partial charge is 0.328 e. The predicted molar refractivity (Wildman–Crippen MR) is 74.3 cm³/mol. The van der Waals surface area contributed by atoms with Crippen LogP contribution in [0, 0.1) is 0 Å². The molecule has 98 valence electrons. The molecule has 0 aromatic heterocycles. The van der Waals surface area contributed by atoms with Crippen LogP contribution in [0.3, 0.4) is 0 Å². The Labute approximate surface area is 110 Å². The molecule has 2 heterocycles. The minimum atomic E-state index is 0.412. The summed E-state index contributed by atoms with van der Waals surface area (Å²) in [6.07, 6.45) is 2.30. The lowest BCUT2D eigenvalue weighted by molar-refractivity contribution is -0.000377. The number of benzene rings is 1. The molecule has 3 atom stereocenters. The second kappa shape index (κ2) is 5.00. The number of piperidine rings is 1. The maximum absolute atomic E-state index is 6.14. The fraction of sp³-hybridized carbons (Fsp3) is 0.600. The van der Waals surface area contributed by atoms with E-state index >= 15 is 0 Å². The summed E-state index contributed by atoms with van der Waals surface area (Å²) < 4.78 is 0. The molecule has 2 bridgehead atoms. The van der Waals surface area contributed by atoms with Crippen molar-refractivity contribution in [1.82, 2.24) is 9.80 Å². The third-order valence-electron chi connectivity index (χ3n) is 4.49. The lowest BCUT2D eigenvalue weighted by atomic mass is 9.88. The molecule has 0 radical (unpaired) electrons. The average Bonchev–Trinajstić information content (AvgIpc) is 2.33. The van der Waals surface area contributed by atoms with Crippen LogP contribution in [0.2, 0.25) is 0 Å². The van der Waals surface area contributed by atoms with Crippen LogP contribution in [-0.2, 0) is 6.54 Å². The highest BCUT2D eigenvalue weighted by Crippen LogP contribution is 2.27. The first-order valence-corrected chi connectivity index (χ1v) is 6.96. The molecule has 1 aromatic rings. The van der Waals surface area contributed by atoms with Gasteiger partial charge in [-0.2, -0.15) is 0 Å². The first kappa shape index (κ1) is 12.2. The van der Waals surface area contributed by atoms with Crippen molar-refractivity contribution in [3.63, 3.8) is 0 Å². The van der Waals surface area contributed by atoms with Crippen molar-refractivity contribution in [2.24, 2.45) is 5.73 Å². The summed E-state index contributed by atoms with van der Waals surface area (Å²) in [5.41, 5.74) is 7.56. The third-order valence-corrected chi connectivity index (χ3v) is 4.49. The van der Waals surface area contributed by atoms with E-state index in [0.717, 1.165) is 32.5 Å². The Hall–Kier alpha value is -0.900. The standard InChI is InChI=1S/C15H23N3/c1-17-14-7-13(16)8-15(17)11-18(10-14)9-12-5-3-2-4-6-12/h2-6,13-15H,7-11,16H2,1H3/t13?,14-,15+. The summed E-state index contributed by atoms with van der Waals surface area (Å²) in [6.45, 7) is 3.40. The molecule has 2 N–H and O–H groups in total. The van der Waals surface area contributed by atoms with Gasteiger partial charge < -0.3 is 5.73 Å². The van der Waals surface area contributed by atoms with Crippen molar-refractivity contribution in [1.29, 1.82) is 0 Å². The molecule has 2 aliphatic heterocycles. The van der Waals surface area contributed by atoms with Crippen molar-refractivity contribution in [2.75, 3.05) is 20.1 Å². The minimum absolute atomic E-state index is 0.412. The number of hydrogen-bond acceptors (Lipinski definition) is 3. The fourth-order valence-electron chi connectivity index (χ4n) is 3.47. The molecule has 0 aliphatic carbocycles. The van der Waals surface area contributed by atoms with E-state index in [-0.39, 0.29) is 0 Å². The molecular weight excluding hydrogens is 222 g/mol. The summed E-state index contributed by atoms with van der Waals surface area (Å²) >= 11 is 0. The van der Waals surface area contributed by atoms with E-state index in [0.29, 0.717) is 18.1 Å². The number of likely N-dealkylation sites (N-methyl/N-ethyl adjacent to an activating group) is 1. The molecule has 0 saturated carbocycles. The Kier molecular flexibility index (Phi) is 3.37. The van der Waals surface area contributed by atoms with Crippen molar-refractivity contribution < 1.29 is 0 Å². The van der Waals surface area contributed by atoms with E-state index in [1.807, 2.05) is 0 Å². The molecule has 3 nitrogen and oxygen atoms in total. The van der Waals surface area contributed by atoms with Crippen molar-refractivity contribution in [2.45, 2.75) is 37.5 Å². The van der Waals surface area contributed by atoms with Crippen LogP contribution in [0.5, 0.6) is 0 Å². The Morgan fingerprint density at radius 2 is 1.72 bits per heavy atom. The number of rotatable bonds is 2. The lowest BCUT2D eigenvalue weighted by Crippen LogP contribution is -2.62. The smallest absolute Gasteiger partial charge is 0.0238 e. The SMILES string of the molecule is CN1[C@@H]2CC(N)C[C@H]1CN(Cc1ccccc1)C2. The van der Waals surface area contributed by atoms with E-state index in [9.17, 15) is 0 Å². The maximum atomic E-state index is 6.14. The molecule has 0 amide bonds. The number of nitrogens with zero attached hydrogens (tertiary/aromatic N) is 2. The molecule has 3 heteroatoms. The molecule has 2 aliphatic rings. The summed E-state index contributed by atoms with van der Waals surface area (Å²) in [4.78, 5) is 5.14. The van der Waals surface area contributed by atoms with Crippen LogP contribution < -0.4 is 5.73 Å². The van der Waals surface area contributed by atoms with Crippen LogP contribution in [-0.4, -0.2) is 48.1 Å². The Balaban J connectivity index is 1.67. The van der Waals surface area contributed by atoms with Crippen molar-refractivity contribution in [3.05, 3.63) is 35.9 Å². The van der Waals surface area contributed by atoms with Gasteiger partial charge in [0.15, 0.2) is 0 Å². The highest BCUT2D eigenvalue weighted by molar-refractivity contribution is 5.15. The van der Waals surface area contributed by atoms with E-state index in [4.69, 9.17) is 5.73 Å². The topological polar surface area (TPSA) is 32.5 Å². The highest BCUT2D eigenvalue weighted by Gasteiger charge is 2.37. The van der Waals surface area contributed by atoms with Gasteiger partial charge in [0.25, 0.3) is 0 Å². The fourth-order valence-corrected chi connectivity index (χ4v) is 3.47. The van der Waals surface area contributed by atoms with Gasteiger partial charge in [-0.05, 0) is 25.5 Å². The van der Waals surface area contributed by atoms with Gasteiger partial charge in [-0.15, -0.1) is 0 Å². The number of hydrogen-bond donors (Lipinski definition) is 1. The van der Waals surface area contributed by atoms with Gasteiger partial charge in [-0.25, -0.2) is 0 Å². The van der Waals surface area contributed by atoms with Crippen molar-refractivity contribution in [3.8, 4) is 0 Å². The second-order valence-electron chi connectivity index (χ2n) is 5.88. The summed E-state index contributed by atoms with van der Waals surface area (Å²) in [7, 11) is 2.26. The summed E-state index contributed by atoms with van der Waals surface area (Å²) in [5.74, 6) is 0. The minimum Gasteiger partial charge on any atom is -0.328 e.